The van der Waals surface area contributed by atoms with Crippen LogP contribution >= 0.6 is 0 Å². The lowest BCUT2D eigenvalue weighted by Crippen LogP contribution is -2.26. The Balaban J connectivity index is 1.18. The molecule has 1 heterocycles. The molecule has 0 saturated heterocycles. The Hall–Kier alpha value is -3.86. The Morgan fingerprint density at radius 2 is 1.71 bits per heavy atom. The van der Waals surface area contributed by atoms with E-state index in [0.717, 1.165) is 16.8 Å². The molecule has 3 aromatic carbocycles. The Bertz CT molecular complexity index is 1150. The highest BCUT2D eigenvalue weighted by molar-refractivity contribution is 6.01. The Kier molecular flexibility index (Phi) is 5.00. The molecular formula is C26H22N2O3. The molecule has 2 N–H and O–H groups in total. The lowest BCUT2D eigenvalue weighted by Gasteiger charge is -2.14. The van der Waals surface area contributed by atoms with E-state index in [2.05, 4.69) is 34.9 Å². The number of carbonyl (C=O) groups excluding carboxylic acids is 2. The number of hydrogen-bond acceptors (Lipinski definition) is 3. The number of hydrogen-bond donors (Lipinski definition) is 2. The second kappa shape index (κ2) is 8.11. The highest BCUT2D eigenvalue weighted by atomic mass is 16.5. The number of alkyl carbamates (subject to hydrolysis) is 1. The van der Waals surface area contributed by atoms with Crippen molar-refractivity contribution in [1.29, 1.82) is 0 Å². The van der Waals surface area contributed by atoms with Gasteiger partial charge in [-0.2, -0.15) is 0 Å². The number of fused-ring (bicyclic) bond motifs is 4. The third-order valence-corrected chi connectivity index (χ3v) is 5.80. The number of ether oxygens (including phenoxy) is 1. The highest BCUT2D eigenvalue weighted by Gasteiger charge is 2.28. The van der Waals surface area contributed by atoms with Gasteiger partial charge in [-0.05, 0) is 33.4 Å². The van der Waals surface area contributed by atoms with Crippen LogP contribution in [-0.4, -0.2) is 25.2 Å². The summed E-state index contributed by atoms with van der Waals surface area (Å²) in [6.07, 6.45) is 3.71. The van der Waals surface area contributed by atoms with E-state index in [-0.39, 0.29) is 11.8 Å². The van der Waals surface area contributed by atoms with E-state index in [1.165, 1.54) is 22.3 Å². The molecule has 0 spiro atoms. The molecule has 5 heteroatoms. The number of benzene rings is 3. The molecule has 2 aliphatic rings. The SMILES string of the molecule is O=C1Cc2cccc(C=CCNC(=O)OCC3c4ccccc4-c4ccccc43)c2N1. The normalized spacial score (nSPS) is 14.1. The van der Waals surface area contributed by atoms with Gasteiger partial charge in [0.2, 0.25) is 5.91 Å². The van der Waals surface area contributed by atoms with Crippen molar-refractivity contribution in [2.45, 2.75) is 12.3 Å². The van der Waals surface area contributed by atoms with Crippen LogP contribution in [0.1, 0.15) is 28.2 Å². The van der Waals surface area contributed by atoms with Gasteiger partial charge in [0.05, 0.1) is 12.1 Å². The van der Waals surface area contributed by atoms with E-state index in [9.17, 15) is 9.59 Å². The molecule has 0 radical (unpaired) electrons. The van der Waals surface area contributed by atoms with Crippen LogP contribution in [0.15, 0.2) is 72.8 Å². The van der Waals surface area contributed by atoms with Gasteiger partial charge in [0.25, 0.3) is 0 Å². The number of rotatable bonds is 5. The summed E-state index contributed by atoms with van der Waals surface area (Å²) < 4.78 is 5.54. The zero-order valence-electron chi connectivity index (χ0n) is 16.9. The highest BCUT2D eigenvalue weighted by Crippen LogP contribution is 2.44. The fourth-order valence-electron chi connectivity index (χ4n) is 4.39. The van der Waals surface area contributed by atoms with E-state index >= 15 is 0 Å². The molecule has 0 unspecified atom stereocenters. The lowest BCUT2D eigenvalue weighted by atomic mass is 9.98. The van der Waals surface area contributed by atoms with Crippen molar-refractivity contribution in [2.24, 2.45) is 0 Å². The Morgan fingerprint density at radius 1 is 1.00 bits per heavy atom. The predicted octanol–water partition coefficient (Wildman–Crippen LogP) is 4.73. The van der Waals surface area contributed by atoms with Gasteiger partial charge in [-0.25, -0.2) is 4.79 Å². The van der Waals surface area contributed by atoms with E-state index in [4.69, 9.17) is 4.74 Å². The first kappa shape index (κ1) is 19.1. The summed E-state index contributed by atoms with van der Waals surface area (Å²) in [7, 11) is 0. The van der Waals surface area contributed by atoms with Crippen molar-refractivity contribution in [3.05, 3.63) is 95.1 Å². The molecule has 3 aromatic rings. The molecule has 5 nitrogen and oxygen atoms in total. The Morgan fingerprint density at radius 3 is 2.45 bits per heavy atom. The monoisotopic (exact) mass is 410 g/mol. The number of carbonyl (C=O) groups is 2. The molecule has 1 aliphatic carbocycles. The smallest absolute Gasteiger partial charge is 0.407 e. The van der Waals surface area contributed by atoms with Gasteiger partial charge in [0, 0.05) is 12.5 Å². The average molecular weight is 410 g/mol. The summed E-state index contributed by atoms with van der Waals surface area (Å²) >= 11 is 0. The van der Waals surface area contributed by atoms with Crippen molar-refractivity contribution in [3.63, 3.8) is 0 Å². The van der Waals surface area contributed by atoms with Crippen molar-refractivity contribution in [2.75, 3.05) is 18.5 Å². The van der Waals surface area contributed by atoms with E-state index in [1.54, 1.807) is 0 Å². The predicted molar refractivity (Wildman–Crippen MR) is 121 cm³/mol. The van der Waals surface area contributed by atoms with Crippen LogP contribution in [0.4, 0.5) is 10.5 Å². The average Bonchev–Trinajstić information content (AvgIpc) is 3.33. The second-order valence-electron chi connectivity index (χ2n) is 7.72. The third-order valence-electron chi connectivity index (χ3n) is 5.80. The minimum absolute atomic E-state index is 0.00705. The van der Waals surface area contributed by atoms with Gasteiger partial charge < -0.3 is 15.4 Å². The van der Waals surface area contributed by atoms with Crippen molar-refractivity contribution < 1.29 is 14.3 Å². The molecule has 2 amide bonds. The van der Waals surface area contributed by atoms with Crippen molar-refractivity contribution in [3.8, 4) is 11.1 Å². The number of nitrogens with one attached hydrogen (secondary N) is 2. The van der Waals surface area contributed by atoms with Crippen molar-refractivity contribution >= 4 is 23.8 Å². The van der Waals surface area contributed by atoms with Crippen LogP contribution in [0.3, 0.4) is 0 Å². The molecule has 31 heavy (non-hydrogen) atoms. The van der Waals surface area contributed by atoms with Gasteiger partial charge in [0.1, 0.15) is 6.61 Å². The number of para-hydroxylation sites is 1. The van der Waals surface area contributed by atoms with Crippen LogP contribution in [0, 0.1) is 0 Å². The largest absolute Gasteiger partial charge is 0.449 e. The van der Waals surface area contributed by atoms with Gasteiger partial charge in [-0.1, -0.05) is 78.9 Å². The van der Waals surface area contributed by atoms with Gasteiger partial charge in [0.15, 0.2) is 0 Å². The first-order valence-corrected chi connectivity index (χ1v) is 10.4. The zero-order chi connectivity index (χ0) is 21.2. The quantitative estimate of drug-likeness (QED) is 0.639. The maximum Gasteiger partial charge on any atom is 0.407 e. The van der Waals surface area contributed by atoms with Gasteiger partial charge in [-0.3, -0.25) is 4.79 Å². The molecular weight excluding hydrogens is 388 g/mol. The van der Waals surface area contributed by atoms with Crippen LogP contribution < -0.4 is 10.6 Å². The van der Waals surface area contributed by atoms with Crippen molar-refractivity contribution in [1.82, 2.24) is 5.32 Å². The fraction of sp³-hybridized carbons (Fsp3) is 0.154. The van der Waals surface area contributed by atoms with Gasteiger partial charge >= 0.3 is 6.09 Å². The number of amides is 2. The van der Waals surface area contributed by atoms with Crippen LogP contribution in [-0.2, 0) is 16.0 Å². The topological polar surface area (TPSA) is 67.4 Å². The Labute approximate surface area is 180 Å². The zero-order valence-corrected chi connectivity index (χ0v) is 16.9. The van der Waals surface area contributed by atoms with Crippen LogP contribution in [0.25, 0.3) is 17.2 Å². The molecule has 0 saturated carbocycles. The third kappa shape index (κ3) is 3.70. The van der Waals surface area contributed by atoms with Crippen LogP contribution in [0.2, 0.25) is 0 Å². The summed E-state index contributed by atoms with van der Waals surface area (Å²) in [6, 6.07) is 22.3. The molecule has 1 aliphatic heterocycles. The lowest BCUT2D eigenvalue weighted by molar-refractivity contribution is -0.115. The standard InChI is InChI=1S/C26H22N2O3/c29-24-15-18-8-5-7-17(25(18)28-24)9-6-14-27-26(30)31-16-23-21-12-3-1-10-19(21)20-11-2-4-13-22(20)23/h1-13,23H,14-16H2,(H,27,30)(H,28,29). The van der Waals surface area contributed by atoms with E-state index in [1.807, 2.05) is 54.6 Å². The fourth-order valence-corrected chi connectivity index (χ4v) is 4.39. The molecule has 0 aromatic heterocycles. The molecule has 5 rings (SSSR count). The minimum Gasteiger partial charge on any atom is -0.449 e. The first-order chi connectivity index (χ1) is 15.2. The van der Waals surface area contributed by atoms with E-state index in [0.29, 0.717) is 19.6 Å². The summed E-state index contributed by atoms with van der Waals surface area (Å²) in [5.74, 6) is 0.0526. The summed E-state index contributed by atoms with van der Waals surface area (Å²) in [5, 5.41) is 5.65. The summed E-state index contributed by atoms with van der Waals surface area (Å²) in [5.41, 5.74) is 7.57. The molecule has 154 valence electrons. The summed E-state index contributed by atoms with van der Waals surface area (Å²) in [6.45, 7) is 0.635. The molecule has 0 atom stereocenters. The maximum atomic E-state index is 12.2. The van der Waals surface area contributed by atoms with Crippen LogP contribution in [0.5, 0.6) is 0 Å². The maximum absolute atomic E-state index is 12.2. The van der Waals surface area contributed by atoms with Gasteiger partial charge in [-0.15, -0.1) is 0 Å². The summed E-state index contributed by atoms with van der Waals surface area (Å²) in [4.78, 5) is 23.8. The number of anilines is 1. The second-order valence-corrected chi connectivity index (χ2v) is 7.72. The minimum atomic E-state index is -0.446. The van der Waals surface area contributed by atoms with E-state index < -0.39 is 6.09 Å². The molecule has 0 fully saturated rings. The first-order valence-electron chi connectivity index (χ1n) is 10.4. The molecule has 0 bridgehead atoms.